The molecular weight excluding hydrogens is 169 g/mol. The van der Waals surface area contributed by atoms with Gasteiger partial charge in [0.2, 0.25) is 0 Å². The summed E-state index contributed by atoms with van der Waals surface area (Å²) in [5, 5.41) is 28.5. The minimum atomic E-state index is -1.51. The highest BCUT2D eigenvalue weighted by Gasteiger charge is 2.15. The lowest BCUT2D eigenvalue weighted by molar-refractivity contribution is 0.426. The van der Waals surface area contributed by atoms with Crippen molar-refractivity contribution in [2.75, 3.05) is 0 Å². The first-order valence-corrected chi connectivity index (χ1v) is 3.85. The Bertz CT molecular complexity index is 438. The van der Waals surface area contributed by atoms with Crippen LogP contribution in [0.1, 0.15) is 0 Å². The quantitative estimate of drug-likeness (QED) is 0.445. The largest absolute Gasteiger partial charge is 0.494 e. The molecule has 0 aliphatic carbocycles. The van der Waals surface area contributed by atoms with Gasteiger partial charge in [-0.05, 0) is 11.5 Å². The van der Waals surface area contributed by atoms with Crippen LogP contribution in [0, 0.1) is 0 Å². The fourth-order valence-corrected chi connectivity index (χ4v) is 1.39. The molecule has 0 atom stereocenters. The molecule has 0 radical (unpaired) electrons. The van der Waals surface area contributed by atoms with Crippen LogP contribution in [0.2, 0.25) is 0 Å². The zero-order valence-electron chi connectivity index (χ0n) is 6.73. The summed E-state index contributed by atoms with van der Waals surface area (Å²) >= 11 is 0. The maximum Gasteiger partial charge on any atom is 0.489 e. The van der Waals surface area contributed by atoms with E-state index in [1.165, 1.54) is 0 Å². The topological polar surface area (TPSA) is 76.5 Å². The van der Waals surface area contributed by atoms with E-state index >= 15 is 0 Å². The monoisotopic (exact) mass is 177 g/mol. The standard InChI is InChI=1S/C8H8BNO3/c11-8-5-2-1-3-7(9(12)13)6(5)4-10-8/h1-4,10-13H. The molecule has 0 spiro atoms. The van der Waals surface area contributed by atoms with E-state index in [0.29, 0.717) is 16.2 Å². The molecule has 4 N–H and O–H groups in total. The minimum absolute atomic E-state index is 0.0394. The lowest BCUT2D eigenvalue weighted by atomic mass is 9.78. The summed E-state index contributed by atoms with van der Waals surface area (Å²) < 4.78 is 0. The summed E-state index contributed by atoms with van der Waals surface area (Å²) in [5.74, 6) is 0.0394. The molecule has 0 unspecified atom stereocenters. The molecule has 2 aromatic rings. The van der Waals surface area contributed by atoms with Crippen LogP contribution >= 0.6 is 0 Å². The van der Waals surface area contributed by atoms with Crippen molar-refractivity contribution >= 4 is 23.4 Å². The van der Waals surface area contributed by atoms with Crippen LogP contribution in [0.15, 0.2) is 24.4 Å². The van der Waals surface area contributed by atoms with Gasteiger partial charge in [-0.3, -0.25) is 0 Å². The lowest BCUT2D eigenvalue weighted by Crippen LogP contribution is -2.29. The Morgan fingerprint density at radius 3 is 2.62 bits per heavy atom. The summed E-state index contributed by atoms with van der Waals surface area (Å²) in [6.07, 6.45) is 1.54. The van der Waals surface area contributed by atoms with Crippen LogP contribution in [-0.2, 0) is 0 Å². The van der Waals surface area contributed by atoms with Gasteiger partial charge < -0.3 is 20.1 Å². The first-order chi connectivity index (χ1) is 6.20. The molecular formula is C8H8BNO3. The van der Waals surface area contributed by atoms with Crippen molar-refractivity contribution in [3.63, 3.8) is 0 Å². The second kappa shape index (κ2) is 2.79. The fourth-order valence-electron chi connectivity index (χ4n) is 1.39. The highest BCUT2D eigenvalue weighted by molar-refractivity contribution is 6.62. The van der Waals surface area contributed by atoms with E-state index < -0.39 is 7.12 Å². The number of hydrogen-bond donors (Lipinski definition) is 4. The van der Waals surface area contributed by atoms with E-state index in [0.717, 1.165) is 0 Å². The van der Waals surface area contributed by atoms with Crippen molar-refractivity contribution in [3.8, 4) is 5.88 Å². The van der Waals surface area contributed by atoms with Crippen LogP contribution in [-0.4, -0.2) is 27.3 Å². The van der Waals surface area contributed by atoms with E-state index in [9.17, 15) is 5.11 Å². The number of aromatic hydroxyl groups is 1. The van der Waals surface area contributed by atoms with Gasteiger partial charge in [0, 0.05) is 17.0 Å². The maximum atomic E-state index is 9.30. The van der Waals surface area contributed by atoms with Crippen LogP contribution in [0.3, 0.4) is 0 Å². The Morgan fingerprint density at radius 1 is 1.15 bits per heavy atom. The van der Waals surface area contributed by atoms with Gasteiger partial charge in [-0.15, -0.1) is 0 Å². The third-order valence-corrected chi connectivity index (χ3v) is 2.03. The number of aromatic amines is 1. The summed E-state index contributed by atoms with van der Waals surface area (Å²) in [6, 6.07) is 4.96. The van der Waals surface area contributed by atoms with Crippen molar-refractivity contribution in [3.05, 3.63) is 24.4 Å². The SMILES string of the molecule is OB(O)c1cccc2c(O)[nH]cc12. The average Bonchev–Trinajstić information content (AvgIpc) is 2.48. The second-order valence-electron chi connectivity index (χ2n) is 2.82. The summed E-state index contributed by atoms with van der Waals surface area (Å²) in [6.45, 7) is 0. The molecule has 0 fully saturated rings. The third-order valence-electron chi connectivity index (χ3n) is 2.03. The number of aromatic nitrogens is 1. The Kier molecular flexibility index (Phi) is 1.75. The highest BCUT2D eigenvalue weighted by atomic mass is 16.4. The average molecular weight is 177 g/mol. The smallest absolute Gasteiger partial charge is 0.489 e. The Hall–Kier alpha value is -1.46. The van der Waals surface area contributed by atoms with Crippen molar-refractivity contribution < 1.29 is 15.2 Å². The third kappa shape index (κ3) is 1.18. The van der Waals surface area contributed by atoms with Crippen molar-refractivity contribution in [1.29, 1.82) is 0 Å². The van der Waals surface area contributed by atoms with Gasteiger partial charge in [0.25, 0.3) is 0 Å². The molecule has 5 heteroatoms. The number of nitrogens with one attached hydrogen (secondary N) is 1. The van der Waals surface area contributed by atoms with Crippen LogP contribution < -0.4 is 5.46 Å². The van der Waals surface area contributed by atoms with Crippen LogP contribution in [0.4, 0.5) is 0 Å². The van der Waals surface area contributed by atoms with Gasteiger partial charge in [-0.25, -0.2) is 0 Å². The summed E-state index contributed by atoms with van der Waals surface area (Å²) in [4.78, 5) is 2.61. The second-order valence-corrected chi connectivity index (χ2v) is 2.82. The molecule has 0 bridgehead atoms. The van der Waals surface area contributed by atoms with Crippen molar-refractivity contribution in [1.82, 2.24) is 4.98 Å². The summed E-state index contributed by atoms with van der Waals surface area (Å²) in [5.41, 5.74) is 0.383. The van der Waals surface area contributed by atoms with Gasteiger partial charge >= 0.3 is 7.12 Å². The van der Waals surface area contributed by atoms with Gasteiger partial charge in [0.1, 0.15) is 0 Å². The van der Waals surface area contributed by atoms with E-state index in [2.05, 4.69) is 4.98 Å². The summed E-state index contributed by atoms with van der Waals surface area (Å²) in [7, 11) is -1.51. The molecule has 0 aliphatic rings. The maximum absolute atomic E-state index is 9.30. The zero-order chi connectivity index (χ0) is 9.42. The Balaban J connectivity index is 2.77. The molecule has 0 saturated heterocycles. The first-order valence-electron chi connectivity index (χ1n) is 3.85. The minimum Gasteiger partial charge on any atom is -0.494 e. The normalized spacial score (nSPS) is 10.6. The number of rotatable bonds is 1. The van der Waals surface area contributed by atoms with Gasteiger partial charge in [0.05, 0.1) is 0 Å². The van der Waals surface area contributed by atoms with E-state index in [1.807, 2.05) is 0 Å². The van der Waals surface area contributed by atoms with Crippen LogP contribution in [0.5, 0.6) is 5.88 Å². The van der Waals surface area contributed by atoms with E-state index in [-0.39, 0.29) is 5.88 Å². The van der Waals surface area contributed by atoms with E-state index in [1.54, 1.807) is 24.4 Å². The molecule has 4 nitrogen and oxygen atoms in total. The molecule has 0 aliphatic heterocycles. The Morgan fingerprint density at radius 2 is 1.92 bits per heavy atom. The predicted molar refractivity (Wildman–Crippen MR) is 49.8 cm³/mol. The predicted octanol–water partition coefficient (Wildman–Crippen LogP) is -0.447. The van der Waals surface area contributed by atoms with Gasteiger partial charge in [-0.2, -0.15) is 0 Å². The number of H-pyrrole nitrogens is 1. The number of benzene rings is 1. The zero-order valence-corrected chi connectivity index (χ0v) is 6.73. The molecule has 1 aromatic carbocycles. The molecule has 66 valence electrons. The number of fused-ring (bicyclic) bond motifs is 1. The lowest BCUT2D eigenvalue weighted by Gasteiger charge is -1.99. The number of hydrogen-bond acceptors (Lipinski definition) is 3. The van der Waals surface area contributed by atoms with Crippen molar-refractivity contribution in [2.45, 2.75) is 0 Å². The fraction of sp³-hybridized carbons (Fsp3) is 0. The molecule has 13 heavy (non-hydrogen) atoms. The molecule has 1 aromatic heterocycles. The molecule has 0 amide bonds. The first kappa shape index (κ1) is 8.16. The molecule has 0 saturated carbocycles. The van der Waals surface area contributed by atoms with Crippen molar-refractivity contribution in [2.24, 2.45) is 0 Å². The van der Waals surface area contributed by atoms with E-state index in [4.69, 9.17) is 10.0 Å². The molecule has 2 rings (SSSR count). The highest BCUT2D eigenvalue weighted by Crippen LogP contribution is 2.21. The van der Waals surface area contributed by atoms with Gasteiger partial charge in [-0.1, -0.05) is 12.1 Å². The van der Waals surface area contributed by atoms with Gasteiger partial charge in [0.15, 0.2) is 5.88 Å². The molecule has 1 heterocycles. The Labute approximate surface area is 74.6 Å². The van der Waals surface area contributed by atoms with Crippen LogP contribution in [0.25, 0.3) is 10.8 Å².